The maximum atomic E-state index is 9.83. The third-order valence-electron chi connectivity index (χ3n) is 5.20. The summed E-state index contributed by atoms with van der Waals surface area (Å²) in [6, 6.07) is 5.86. The van der Waals surface area contributed by atoms with Gasteiger partial charge in [0.25, 0.3) is 0 Å². The van der Waals surface area contributed by atoms with Crippen molar-refractivity contribution in [2.24, 2.45) is 5.41 Å². The first kappa shape index (κ1) is 19.1. The van der Waals surface area contributed by atoms with Gasteiger partial charge in [-0.2, -0.15) is 0 Å². The number of aliphatic hydroxyl groups excluding tert-OH is 1. The molecule has 1 aromatic heterocycles. The Kier molecular flexibility index (Phi) is 6.16. The topological polar surface area (TPSA) is 54.8 Å². The van der Waals surface area contributed by atoms with Crippen molar-refractivity contribution in [1.82, 2.24) is 9.88 Å². The zero-order chi connectivity index (χ0) is 18.6. The van der Waals surface area contributed by atoms with E-state index in [1.807, 2.05) is 18.2 Å². The highest BCUT2D eigenvalue weighted by Gasteiger charge is 2.36. The molecule has 1 aliphatic rings. The molecule has 1 aromatic carbocycles. The highest BCUT2D eigenvalue weighted by atomic mass is 32.1. The molecule has 1 saturated heterocycles. The van der Waals surface area contributed by atoms with Gasteiger partial charge in [0.05, 0.1) is 25.5 Å². The van der Waals surface area contributed by atoms with Crippen molar-refractivity contribution in [3.05, 3.63) is 29.3 Å². The molecule has 26 heavy (non-hydrogen) atoms. The van der Waals surface area contributed by atoms with Gasteiger partial charge < -0.3 is 14.6 Å². The molecule has 0 radical (unpaired) electrons. The van der Waals surface area contributed by atoms with E-state index in [-0.39, 0.29) is 12.0 Å². The van der Waals surface area contributed by atoms with E-state index in [1.54, 1.807) is 25.6 Å². The summed E-state index contributed by atoms with van der Waals surface area (Å²) in [6.07, 6.45) is 3.27. The largest absolute Gasteiger partial charge is 0.493 e. The summed E-state index contributed by atoms with van der Waals surface area (Å²) in [5.74, 6) is 1.44. The van der Waals surface area contributed by atoms with Crippen LogP contribution < -0.4 is 9.47 Å². The number of methoxy groups -OCH3 is 2. The van der Waals surface area contributed by atoms with Crippen LogP contribution in [-0.2, 0) is 6.54 Å². The quantitative estimate of drug-likeness (QED) is 0.759. The molecule has 2 heterocycles. The molecule has 0 aliphatic carbocycles. The van der Waals surface area contributed by atoms with Crippen LogP contribution in [0.25, 0.3) is 10.6 Å². The second kappa shape index (κ2) is 8.37. The number of nitrogens with zero attached hydrogens (tertiary/aromatic N) is 2. The molecule has 6 heteroatoms. The molecule has 0 saturated carbocycles. The molecule has 0 amide bonds. The van der Waals surface area contributed by atoms with Crippen molar-refractivity contribution < 1.29 is 14.6 Å². The van der Waals surface area contributed by atoms with Gasteiger partial charge in [0.1, 0.15) is 5.01 Å². The molecular weight excluding hydrogens is 348 g/mol. The maximum absolute atomic E-state index is 9.83. The Morgan fingerprint density at radius 2 is 2.15 bits per heavy atom. The van der Waals surface area contributed by atoms with Crippen LogP contribution in [0, 0.1) is 5.41 Å². The van der Waals surface area contributed by atoms with Crippen molar-refractivity contribution >= 4 is 11.3 Å². The van der Waals surface area contributed by atoms with E-state index >= 15 is 0 Å². The minimum Gasteiger partial charge on any atom is -0.493 e. The van der Waals surface area contributed by atoms with Gasteiger partial charge in [0.2, 0.25) is 0 Å². The lowest BCUT2D eigenvalue weighted by molar-refractivity contribution is 0.117. The van der Waals surface area contributed by atoms with E-state index in [0.717, 1.165) is 60.9 Å². The van der Waals surface area contributed by atoms with Crippen molar-refractivity contribution in [1.29, 1.82) is 0 Å². The van der Waals surface area contributed by atoms with E-state index in [1.165, 1.54) is 0 Å². The van der Waals surface area contributed by atoms with Crippen LogP contribution in [0.1, 0.15) is 31.9 Å². The van der Waals surface area contributed by atoms with Gasteiger partial charge in [-0.25, -0.2) is 4.98 Å². The zero-order valence-electron chi connectivity index (χ0n) is 15.8. The minimum atomic E-state index is 0.0730. The number of likely N-dealkylation sites (tertiary alicyclic amines) is 1. The Balaban J connectivity index is 1.74. The Morgan fingerprint density at radius 1 is 1.31 bits per heavy atom. The summed E-state index contributed by atoms with van der Waals surface area (Å²) in [7, 11) is 3.30. The van der Waals surface area contributed by atoms with Crippen LogP contribution in [0.2, 0.25) is 0 Å². The lowest BCUT2D eigenvalue weighted by atomic mass is 9.83. The normalized spacial score (nSPS) is 20.5. The summed E-state index contributed by atoms with van der Waals surface area (Å²) >= 11 is 1.63. The van der Waals surface area contributed by atoms with Crippen molar-refractivity contribution in [3.63, 3.8) is 0 Å². The van der Waals surface area contributed by atoms with E-state index in [0.29, 0.717) is 5.75 Å². The first-order valence-corrected chi connectivity index (χ1v) is 10.0. The number of hydrogen-bond acceptors (Lipinski definition) is 6. The first-order valence-electron chi connectivity index (χ1n) is 9.13. The molecule has 1 fully saturated rings. The standard InChI is InChI=1S/C20H28N2O3S/c1-4-8-20(14-23)9-10-22(13-20)11-15-12-26-19(21-15)16-6-5-7-17(24-2)18(16)25-3/h5-7,12,23H,4,8-11,13-14H2,1-3H3. The molecule has 3 rings (SSSR count). The summed E-state index contributed by atoms with van der Waals surface area (Å²) in [5, 5.41) is 12.9. The van der Waals surface area contributed by atoms with Gasteiger partial charge in [0.15, 0.2) is 11.5 Å². The average molecular weight is 377 g/mol. The fourth-order valence-corrected chi connectivity index (χ4v) is 4.73. The molecule has 2 aromatic rings. The number of rotatable bonds is 8. The van der Waals surface area contributed by atoms with E-state index in [9.17, 15) is 5.11 Å². The SMILES string of the molecule is CCCC1(CO)CCN(Cc2csc(-c3cccc(OC)c3OC)n2)C1. The Labute approximate surface area is 159 Å². The summed E-state index contributed by atoms with van der Waals surface area (Å²) in [4.78, 5) is 7.24. The summed E-state index contributed by atoms with van der Waals surface area (Å²) in [5.41, 5.74) is 2.10. The van der Waals surface area contributed by atoms with Crippen molar-refractivity contribution in [2.75, 3.05) is 33.9 Å². The zero-order valence-corrected chi connectivity index (χ0v) is 16.6. The van der Waals surface area contributed by atoms with E-state index in [2.05, 4.69) is 17.2 Å². The van der Waals surface area contributed by atoms with Gasteiger partial charge >= 0.3 is 0 Å². The second-order valence-electron chi connectivity index (χ2n) is 7.05. The third-order valence-corrected chi connectivity index (χ3v) is 6.13. The third kappa shape index (κ3) is 3.87. The molecular formula is C20H28N2O3S. The number of thiazole rings is 1. The van der Waals surface area contributed by atoms with Crippen LogP contribution in [0.15, 0.2) is 23.6 Å². The smallest absolute Gasteiger partial charge is 0.170 e. The van der Waals surface area contributed by atoms with E-state index < -0.39 is 0 Å². The maximum Gasteiger partial charge on any atom is 0.170 e. The summed E-state index contributed by atoms with van der Waals surface area (Å²) in [6.45, 7) is 5.27. The fourth-order valence-electron chi connectivity index (χ4n) is 3.89. The van der Waals surface area contributed by atoms with Crippen LogP contribution in [0.5, 0.6) is 11.5 Å². The van der Waals surface area contributed by atoms with Crippen LogP contribution in [-0.4, -0.2) is 48.9 Å². The molecule has 1 N–H and O–H groups in total. The number of hydrogen-bond donors (Lipinski definition) is 1. The number of benzene rings is 1. The van der Waals surface area contributed by atoms with Crippen LogP contribution >= 0.6 is 11.3 Å². The fraction of sp³-hybridized carbons (Fsp3) is 0.550. The Bertz CT molecular complexity index is 734. The van der Waals surface area contributed by atoms with Gasteiger partial charge in [0, 0.05) is 30.5 Å². The molecule has 0 bridgehead atoms. The predicted octanol–water partition coefficient (Wildman–Crippen LogP) is 3.81. The lowest BCUT2D eigenvalue weighted by Crippen LogP contribution is -2.30. The molecule has 142 valence electrons. The lowest BCUT2D eigenvalue weighted by Gasteiger charge is -2.26. The number of aromatic nitrogens is 1. The van der Waals surface area contributed by atoms with Crippen molar-refractivity contribution in [2.45, 2.75) is 32.7 Å². The number of aliphatic hydroxyl groups is 1. The molecule has 0 spiro atoms. The first-order chi connectivity index (χ1) is 12.6. The predicted molar refractivity (Wildman–Crippen MR) is 105 cm³/mol. The average Bonchev–Trinajstić information content (AvgIpc) is 3.29. The second-order valence-corrected chi connectivity index (χ2v) is 7.91. The molecule has 1 unspecified atom stereocenters. The Morgan fingerprint density at radius 3 is 2.85 bits per heavy atom. The highest BCUT2D eigenvalue weighted by molar-refractivity contribution is 7.13. The number of ether oxygens (including phenoxy) is 2. The van der Waals surface area contributed by atoms with Crippen LogP contribution in [0.3, 0.4) is 0 Å². The van der Waals surface area contributed by atoms with Crippen molar-refractivity contribution in [3.8, 4) is 22.1 Å². The summed E-state index contributed by atoms with van der Waals surface area (Å²) < 4.78 is 10.9. The van der Waals surface area contributed by atoms with Gasteiger partial charge in [-0.3, -0.25) is 4.90 Å². The molecule has 5 nitrogen and oxygen atoms in total. The van der Waals surface area contributed by atoms with Crippen LogP contribution in [0.4, 0.5) is 0 Å². The molecule has 1 atom stereocenters. The molecule has 1 aliphatic heterocycles. The van der Waals surface area contributed by atoms with E-state index in [4.69, 9.17) is 14.5 Å². The van der Waals surface area contributed by atoms with Gasteiger partial charge in [-0.05, 0) is 31.5 Å². The number of para-hydroxylation sites is 1. The van der Waals surface area contributed by atoms with Gasteiger partial charge in [-0.15, -0.1) is 11.3 Å². The monoisotopic (exact) mass is 376 g/mol. The highest BCUT2D eigenvalue weighted by Crippen LogP contribution is 2.40. The Hall–Kier alpha value is -1.63. The van der Waals surface area contributed by atoms with Gasteiger partial charge in [-0.1, -0.05) is 19.4 Å². The minimum absolute atomic E-state index is 0.0730.